The highest BCUT2D eigenvalue weighted by atomic mass is 16.5. The smallest absolute Gasteiger partial charge is 0.239 e. The number of hydrogen-bond acceptors (Lipinski definition) is 4. The molecule has 0 saturated heterocycles. The molecule has 6 heteroatoms. The van der Waals surface area contributed by atoms with Crippen molar-refractivity contribution < 1.29 is 14.3 Å². The van der Waals surface area contributed by atoms with Crippen molar-refractivity contribution in [1.29, 1.82) is 0 Å². The highest BCUT2D eigenvalue weighted by molar-refractivity contribution is 5.88. The number of ether oxygens (including phenoxy) is 1. The second-order valence-electron chi connectivity index (χ2n) is 5.37. The van der Waals surface area contributed by atoms with Crippen LogP contribution in [0.3, 0.4) is 0 Å². The van der Waals surface area contributed by atoms with Crippen LogP contribution in [-0.4, -0.2) is 44.2 Å². The maximum Gasteiger partial charge on any atom is 0.239 e. The Morgan fingerprint density at radius 3 is 2.17 bits per heavy atom. The van der Waals surface area contributed by atoms with Crippen molar-refractivity contribution >= 4 is 11.8 Å². The minimum atomic E-state index is -0.750. The second kappa shape index (κ2) is 6.70. The van der Waals surface area contributed by atoms with E-state index in [1.54, 1.807) is 34.8 Å². The van der Waals surface area contributed by atoms with E-state index in [4.69, 9.17) is 10.5 Å². The Balaban J connectivity index is 4.15. The van der Waals surface area contributed by atoms with Crippen LogP contribution in [0.1, 0.15) is 27.7 Å². The van der Waals surface area contributed by atoms with Gasteiger partial charge in [-0.3, -0.25) is 9.59 Å². The van der Waals surface area contributed by atoms with Crippen LogP contribution in [0.25, 0.3) is 0 Å². The quantitative estimate of drug-likeness (QED) is 0.544. The third-order valence-electron chi connectivity index (χ3n) is 3.22. The lowest BCUT2D eigenvalue weighted by Gasteiger charge is -2.36. The molecule has 4 N–H and O–H groups in total. The predicted molar refractivity (Wildman–Crippen MR) is 69.9 cm³/mol. The van der Waals surface area contributed by atoms with Gasteiger partial charge >= 0.3 is 0 Å². The molecule has 0 spiro atoms. The molecule has 0 unspecified atom stereocenters. The average Bonchev–Trinajstić information content (AvgIpc) is 2.24. The molecule has 0 aliphatic carbocycles. The zero-order valence-corrected chi connectivity index (χ0v) is 11.9. The molecule has 0 radical (unpaired) electrons. The zero-order chi connectivity index (χ0) is 14.4. The van der Waals surface area contributed by atoms with Gasteiger partial charge in [0.25, 0.3) is 0 Å². The van der Waals surface area contributed by atoms with Gasteiger partial charge in [0.2, 0.25) is 11.8 Å². The van der Waals surface area contributed by atoms with E-state index in [1.165, 1.54) is 0 Å². The Labute approximate surface area is 109 Å². The maximum atomic E-state index is 12.0. The predicted octanol–water partition coefficient (Wildman–Crippen LogP) is -0.371. The van der Waals surface area contributed by atoms with Crippen molar-refractivity contribution in [3.8, 4) is 0 Å². The summed E-state index contributed by atoms with van der Waals surface area (Å²) in [6.45, 7) is 7.90. The topological polar surface area (TPSA) is 93.5 Å². The first-order valence-electron chi connectivity index (χ1n) is 5.95. The number of amides is 2. The van der Waals surface area contributed by atoms with Crippen molar-refractivity contribution in [2.24, 2.45) is 11.1 Å². The number of carbonyl (C=O) groups is 2. The van der Waals surface area contributed by atoms with Crippen LogP contribution < -0.4 is 16.4 Å². The van der Waals surface area contributed by atoms with Gasteiger partial charge in [0, 0.05) is 19.2 Å². The molecule has 0 rings (SSSR count). The average molecular weight is 259 g/mol. The van der Waals surface area contributed by atoms with Gasteiger partial charge < -0.3 is 21.1 Å². The van der Waals surface area contributed by atoms with E-state index in [2.05, 4.69) is 10.6 Å². The van der Waals surface area contributed by atoms with E-state index in [1.807, 2.05) is 0 Å². The maximum absolute atomic E-state index is 12.0. The van der Waals surface area contributed by atoms with Gasteiger partial charge in [-0.1, -0.05) is 0 Å². The fourth-order valence-corrected chi connectivity index (χ4v) is 1.03. The van der Waals surface area contributed by atoms with Crippen LogP contribution in [0.5, 0.6) is 0 Å². The summed E-state index contributed by atoms with van der Waals surface area (Å²) < 4.78 is 4.80. The summed E-state index contributed by atoms with van der Waals surface area (Å²) in [4.78, 5) is 23.3. The van der Waals surface area contributed by atoms with Crippen molar-refractivity contribution in [3.05, 3.63) is 0 Å². The number of rotatable bonds is 7. The monoisotopic (exact) mass is 259 g/mol. The highest BCUT2D eigenvalue weighted by Crippen LogP contribution is 2.28. The summed E-state index contributed by atoms with van der Waals surface area (Å²) >= 11 is 0. The van der Waals surface area contributed by atoms with Crippen LogP contribution in [0.2, 0.25) is 0 Å². The van der Waals surface area contributed by atoms with Crippen molar-refractivity contribution in [2.45, 2.75) is 33.2 Å². The fourth-order valence-electron chi connectivity index (χ4n) is 1.03. The van der Waals surface area contributed by atoms with Crippen molar-refractivity contribution in [3.63, 3.8) is 0 Å². The van der Waals surface area contributed by atoms with Crippen molar-refractivity contribution in [1.82, 2.24) is 10.6 Å². The summed E-state index contributed by atoms with van der Waals surface area (Å²) in [6.07, 6.45) is 0. The van der Waals surface area contributed by atoms with E-state index in [0.717, 1.165) is 0 Å². The molecule has 2 amide bonds. The third kappa shape index (κ3) is 5.01. The lowest BCUT2D eigenvalue weighted by Crippen LogP contribution is -2.56. The first-order chi connectivity index (χ1) is 8.13. The fraction of sp³-hybridized carbons (Fsp3) is 0.833. The molecule has 6 nitrogen and oxygen atoms in total. The molecule has 0 bridgehead atoms. The molecule has 0 aromatic rings. The Hall–Kier alpha value is -1.14. The van der Waals surface area contributed by atoms with Crippen LogP contribution >= 0.6 is 0 Å². The van der Waals surface area contributed by atoms with Crippen LogP contribution in [-0.2, 0) is 14.3 Å². The highest BCUT2D eigenvalue weighted by Gasteiger charge is 2.40. The van der Waals surface area contributed by atoms with Gasteiger partial charge in [-0.25, -0.2) is 0 Å². The largest absolute Gasteiger partial charge is 0.383 e. The molecule has 0 aliphatic rings. The number of nitrogens with two attached hydrogens (primary N) is 1. The van der Waals surface area contributed by atoms with E-state index in [-0.39, 0.29) is 18.4 Å². The lowest BCUT2D eigenvalue weighted by molar-refractivity contribution is -0.134. The summed E-state index contributed by atoms with van der Waals surface area (Å²) in [7, 11) is 1.56. The van der Waals surface area contributed by atoms with Gasteiger partial charge in [0.05, 0.1) is 18.6 Å². The number of methoxy groups -OCH3 is 1. The van der Waals surface area contributed by atoms with Gasteiger partial charge in [-0.15, -0.1) is 0 Å². The SMILES string of the molecule is COCCNC(=O)CNC(=O)C(C)(C)C(C)(C)N. The molecule has 0 saturated carbocycles. The standard InChI is InChI=1S/C12H25N3O3/c1-11(2,12(3,4)13)10(17)15-8-9(16)14-6-7-18-5/h6-8,13H2,1-5H3,(H,14,16)(H,15,17). The van der Waals surface area contributed by atoms with E-state index >= 15 is 0 Å². The minimum absolute atomic E-state index is 0.0535. The molecule has 106 valence electrons. The number of nitrogens with one attached hydrogen (secondary N) is 2. The van der Waals surface area contributed by atoms with Crippen LogP contribution in [0.15, 0.2) is 0 Å². The van der Waals surface area contributed by atoms with Gasteiger partial charge in [-0.05, 0) is 27.7 Å². The molecule has 0 aromatic heterocycles. The Kier molecular flexibility index (Phi) is 6.28. The van der Waals surface area contributed by atoms with Gasteiger partial charge in [0.15, 0.2) is 0 Å². The molecule has 0 heterocycles. The summed E-state index contributed by atoms with van der Waals surface area (Å²) in [5, 5.41) is 5.20. The van der Waals surface area contributed by atoms with E-state index in [0.29, 0.717) is 13.2 Å². The minimum Gasteiger partial charge on any atom is -0.383 e. The molecule has 0 aliphatic heterocycles. The number of carbonyl (C=O) groups excluding carboxylic acids is 2. The van der Waals surface area contributed by atoms with Gasteiger partial charge in [-0.2, -0.15) is 0 Å². The Morgan fingerprint density at radius 2 is 1.72 bits per heavy atom. The zero-order valence-electron chi connectivity index (χ0n) is 11.9. The number of hydrogen-bond donors (Lipinski definition) is 3. The molecule has 0 aromatic carbocycles. The second-order valence-corrected chi connectivity index (χ2v) is 5.37. The van der Waals surface area contributed by atoms with E-state index in [9.17, 15) is 9.59 Å². The van der Waals surface area contributed by atoms with Crippen molar-refractivity contribution in [2.75, 3.05) is 26.8 Å². The summed E-state index contributed by atoms with van der Waals surface area (Å²) in [5.41, 5.74) is 4.53. The Bertz CT molecular complexity index is 295. The molecule has 18 heavy (non-hydrogen) atoms. The molecule has 0 atom stereocenters. The normalized spacial score (nSPS) is 12.1. The van der Waals surface area contributed by atoms with Gasteiger partial charge in [0.1, 0.15) is 0 Å². The summed E-state index contributed by atoms with van der Waals surface area (Å²) in [6, 6.07) is 0. The summed E-state index contributed by atoms with van der Waals surface area (Å²) in [5.74, 6) is -0.483. The Morgan fingerprint density at radius 1 is 1.17 bits per heavy atom. The lowest BCUT2D eigenvalue weighted by atomic mass is 9.74. The van der Waals surface area contributed by atoms with E-state index < -0.39 is 11.0 Å². The molecule has 0 fully saturated rings. The van der Waals surface area contributed by atoms with Crippen LogP contribution in [0, 0.1) is 5.41 Å². The third-order valence-corrected chi connectivity index (χ3v) is 3.22. The molecular weight excluding hydrogens is 234 g/mol. The van der Waals surface area contributed by atoms with Crippen LogP contribution in [0.4, 0.5) is 0 Å². The molecular formula is C12H25N3O3. The first kappa shape index (κ1) is 16.9. The first-order valence-corrected chi connectivity index (χ1v) is 5.95.